The van der Waals surface area contributed by atoms with Gasteiger partial charge in [-0.05, 0) is 0 Å². The van der Waals surface area contributed by atoms with Gasteiger partial charge in [-0.1, -0.05) is 0 Å². The third-order valence-corrected chi connectivity index (χ3v) is 2.37. The van der Waals surface area contributed by atoms with Gasteiger partial charge in [-0.2, -0.15) is 0 Å². The van der Waals surface area contributed by atoms with Crippen molar-refractivity contribution in [3.8, 4) is 0 Å². The van der Waals surface area contributed by atoms with Gasteiger partial charge in [-0.3, -0.25) is 4.79 Å². The Hall–Kier alpha value is -0.800. The maximum Gasteiger partial charge on any atom is 0.320 e. The largest absolute Gasteiger partial charge is 0.480 e. The fraction of sp³-hybridized carbons (Fsp3) is 0.800. The molecule has 14 heavy (non-hydrogen) atoms. The van der Waals surface area contributed by atoms with Crippen LogP contribution in [-0.2, 0) is 14.8 Å². The van der Waals surface area contributed by atoms with E-state index in [0.29, 0.717) is 0 Å². The predicted molar refractivity (Wildman–Crippen MR) is 43.4 cm³/mol. The molecule has 0 saturated heterocycles. The Morgan fingerprint density at radius 3 is 2.36 bits per heavy atom. The summed E-state index contributed by atoms with van der Waals surface area (Å²) in [5.74, 6) is -6.23. The number of nitrogens with two attached hydrogens (primary N) is 1. The molecule has 0 atom stereocenters. The van der Waals surface area contributed by atoms with E-state index in [4.69, 9.17) is 5.11 Å². The minimum atomic E-state index is -4.21. The summed E-state index contributed by atoms with van der Waals surface area (Å²) in [7, 11) is -4.21. The minimum Gasteiger partial charge on any atom is -0.480 e. The highest BCUT2D eigenvalue weighted by molar-refractivity contribution is 7.90. The molecular weight excluding hydrogens is 222 g/mol. The Morgan fingerprint density at radius 2 is 2.00 bits per heavy atom. The highest BCUT2D eigenvalue weighted by atomic mass is 32.2. The number of hydrogen-bond acceptors (Lipinski definition) is 4. The molecule has 0 radical (unpaired) electrons. The number of nitrogens with one attached hydrogen (secondary N) is 1. The van der Waals surface area contributed by atoms with Crippen molar-refractivity contribution in [2.24, 2.45) is 5.73 Å². The molecule has 0 rings (SSSR count). The molecule has 0 unspecified atom stereocenters. The second-order valence-corrected chi connectivity index (χ2v) is 4.34. The molecule has 0 heterocycles. The van der Waals surface area contributed by atoms with Crippen LogP contribution in [-0.4, -0.2) is 44.3 Å². The number of carbonyl (C=O) groups is 1. The van der Waals surface area contributed by atoms with Gasteiger partial charge in [0.15, 0.2) is 5.75 Å². The second-order valence-electron chi connectivity index (χ2n) is 2.53. The summed E-state index contributed by atoms with van der Waals surface area (Å²) in [4.78, 5) is 9.98. The average Bonchev–Trinajstić information content (AvgIpc) is 1.99. The van der Waals surface area contributed by atoms with Crippen LogP contribution in [0.5, 0.6) is 0 Å². The molecule has 0 aliphatic carbocycles. The first-order valence-corrected chi connectivity index (χ1v) is 5.11. The lowest BCUT2D eigenvalue weighted by Crippen LogP contribution is -2.43. The highest BCUT2D eigenvalue weighted by Crippen LogP contribution is 2.09. The molecule has 0 aliphatic rings. The Kier molecular flexibility index (Phi) is 4.36. The third-order valence-electron chi connectivity index (χ3n) is 1.16. The standard InChI is InChI=1S/C5H10F2N2O4S/c6-5(7,2-8)3-9-14(12,13)1-4(10)11/h9H,1-3,8H2,(H,10,11). The van der Waals surface area contributed by atoms with Crippen LogP contribution in [0.15, 0.2) is 0 Å². The first kappa shape index (κ1) is 13.2. The first-order chi connectivity index (χ1) is 6.18. The van der Waals surface area contributed by atoms with E-state index in [9.17, 15) is 22.0 Å². The summed E-state index contributed by atoms with van der Waals surface area (Å²) in [6.45, 7) is -2.21. The van der Waals surface area contributed by atoms with Crippen LogP contribution < -0.4 is 10.5 Å². The number of halogens is 2. The maximum absolute atomic E-state index is 12.4. The van der Waals surface area contributed by atoms with E-state index in [1.807, 2.05) is 0 Å². The Bertz CT molecular complexity index is 303. The smallest absolute Gasteiger partial charge is 0.320 e. The van der Waals surface area contributed by atoms with Crippen molar-refractivity contribution in [2.75, 3.05) is 18.8 Å². The molecule has 0 amide bonds. The molecule has 0 aromatic rings. The highest BCUT2D eigenvalue weighted by Gasteiger charge is 2.29. The summed E-state index contributed by atoms with van der Waals surface area (Å²) in [6, 6.07) is 0. The zero-order chi connectivity index (χ0) is 11.4. The van der Waals surface area contributed by atoms with Gasteiger partial charge in [-0.15, -0.1) is 0 Å². The van der Waals surface area contributed by atoms with Gasteiger partial charge in [0.2, 0.25) is 10.0 Å². The number of aliphatic carboxylic acids is 1. The molecule has 9 heteroatoms. The quantitative estimate of drug-likeness (QED) is 0.521. The van der Waals surface area contributed by atoms with Crippen molar-refractivity contribution >= 4 is 16.0 Å². The zero-order valence-corrected chi connectivity index (χ0v) is 7.85. The van der Waals surface area contributed by atoms with Crippen LogP contribution >= 0.6 is 0 Å². The van der Waals surface area contributed by atoms with Crippen molar-refractivity contribution in [1.82, 2.24) is 4.72 Å². The fourth-order valence-corrected chi connectivity index (χ4v) is 1.36. The number of hydrogen-bond donors (Lipinski definition) is 3. The van der Waals surface area contributed by atoms with Crippen LogP contribution in [0.4, 0.5) is 8.78 Å². The fourth-order valence-electron chi connectivity index (χ4n) is 0.501. The van der Waals surface area contributed by atoms with Gasteiger partial charge in [0.1, 0.15) is 0 Å². The van der Waals surface area contributed by atoms with Gasteiger partial charge in [-0.25, -0.2) is 21.9 Å². The number of sulfonamides is 1. The van der Waals surface area contributed by atoms with Crippen LogP contribution in [0.3, 0.4) is 0 Å². The molecule has 0 saturated carbocycles. The maximum atomic E-state index is 12.4. The first-order valence-electron chi connectivity index (χ1n) is 3.45. The predicted octanol–water partition coefficient (Wildman–Crippen LogP) is -1.42. The third kappa shape index (κ3) is 5.78. The molecule has 6 nitrogen and oxygen atoms in total. The summed E-state index contributed by atoms with van der Waals surface area (Å²) in [5.41, 5.74) is 4.64. The summed E-state index contributed by atoms with van der Waals surface area (Å²) >= 11 is 0. The molecular formula is C5H10F2N2O4S. The summed E-state index contributed by atoms with van der Waals surface area (Å²) in [5, 5.41) is 8.10. The van der Waals surface area contributed by atoms with Gasteiger partial charge in [0.05, 0.1) is 13.1 Å². The normalized spacial score (nSPS) is 12.8. The van der Waals surface area contributed by atoms with E-state index in [1.165, 1.54) is 4.72 Å². The lowest BCUT2D eigenvalue weighted by atomic mass is 10.3. The van der Waals surface area contributed by atoms with E-state index in [0.717, 1.165) is 0 Å². The van der Waals surface area contributed by atoms with Crippen molar-refractivity contribution in [1.29, 1.82) is 0 Å². The van der Waals surface area contributed by atoms with E-state index in [1.54, 1.807) is 0 Å². The molecule has 0 aromatic heterocycles. The summed E-state index contributed by atoms with van der Waals surface area (Å²) in [6.07, 6.45) is 0. The molecule has 0 spiro atoms. The van der Waals surface area contributed by atoms with Crippen molar-refractivity contribution < 1.29 is 27.1 Å². The number of carboxylic acid groups (broad SMARTS) is 1. The number of alkyl halides is 2. The lowest BCUT2D eigenvalue weighted by molar-refractivity contribution is -0.134. The molecule has 4 N–H and O–H groups in total. The van der Waals surface area contributed by atoms with Gasteiger partial charge in [0.25, 0.3) is 5.92 Å². The number of carboxylic acids is 1. The van der Waals surface area contributed by atoms with Crippen LogP contribution in [0.2, 0.25) is 0 Å². The topological polar surface area (TPSA) is 109 Å². The van der Waals surface area contributed by atoms with Crippen molar-refractivity contribution in [2.45, 2.75) is 5.92 Å². The molecule has 0 fully saturated rings. The molecule has 84 valence electrons. The van der Waals surface area contributed by atoms with E-state index in [-0.39, 0.29) is 0 Å². The average molecular weight is 232 g/mol. The summed E-state index contributed by atoms with van der Waals surface area (Å²) < 4.78 is 47.8. The van der Waals surface area contributed by atoms with Gasteiger partial charge in [0, 0.05) is 0 Å². The van der Waals surface area contributed by atoms with E-state index in [2.05, 4.69) is 5.73 Å². The molecule has 0 aromatic carbocycles. The van der Waals surface area contributed by atoms with Crippen LogP contribution in [0.25, 0.3) is 0 Å². The van der Waals surface area contributed by atoms with E-state index >= 15 is 0 Å². The van der Waals surface area contributed by atoms with Crippen molar-refractivity contribution in [3.05, 3.63) is 0 Å². The Morgan fingerprint density at radius 1 is 1.50 bits per heavy atom. The van der Waals surface area contributed by atoms with Gasteiger partial charge < -0.3 is 10.8 Å². The van der Waals surface area contributed by atoms with Crippen LogP contribution in [0.1, 0.15) is 0 Å². The number of rotatable bonds is 6. The van der Waals surface area contributed by atoms with Gasteiger partial charge >= 0.3 is 5.97 Å². The monoisotopic (exact) mass is 232 g/mol. The SMILES string of the molecule is NCC(F)(F)CNS(=O)(=O)CC(=O)O. The minimum absolute atomic E-state index is 1.01. The Balaban J connectivity index is 4.20. The second kappa shape index (κ2) is 4.62. The molecule has 0 aliphatic heterocycles. The Labute approximate surface area is 79.1 Å². The lowest BCUT2D eigenvalue weighted by Gasteiger charge is -2.13. The van der Waals surface area contributed by atoms with E-state index < -0.39 is 40.8 Å². The van der Waals surface area contributed by atoms with Crippen molar-refractivity contribution in [3.63, 3.8) is 0 Å². The van der Waals surface area contributed by atoms with Crippen LogP contribution in [0, 0.1) is 0 Å². The molecule has 0 bridgehead atoms. The zero-order valence-electron chi connectivity index (χ0n) is 7.03.